The van der Waals surface area contributed by atoms with Crippen LogP contribution in [-0.2, 0) is 6.42 Å². The van der Waals surface area contributed by atoms with Crippen LogP contribution in [0, 0.1) is 0 Å². The molecule has 5 nitrogen and oxygen atoms in total. The van der Waals surface area contributed by atoms with Gasteiger partial charge in [-0.25, -0.2) is 4.98 Å². The average molecular weight is 360 g/mol. The summed E-state index contributed by atoms with van der Waals surface area (Å²) < 4.78 is 0. The summed E-state index contributed by atoms with van der Waals surface area (Å²) in [7, 11) is 0. The Balaban J connectivity index is 1.78. The van der Waals surface area contributed by atoms with Gasteiger partial charge >= 0.3 is 0 Å². The van der Waals surface area contributed by atoms with Crippen LogP contribution < -0.4 is 5.32 Å². The van der Waals surface area contributed by atoms with Gasteiger partial charge in [-0.05, 0) is 18.6 Å². The number of rotatable bonds is 4. The maximum Gasteiger partial charge on any atom is 0.258 e. The van der Waals surface area contributed by atoms with Crippen LogP contribution in [0.5, 0.6) is 0 Å². The molecular weight excluding hydrogens is 344 g/mol. The Morgan fingerprint density at radius 3 is 2.58 bits per heavy atom. The van der Waals surface area contributed by atoms with Crippen LogP contribution in [-0.4, -0.2) is 21.1 Å². The van der Waals surface area contributed by atoms with Crippen molar-refractivity contribution < 1.29 is 4.79 Å². The van der Waals surface area contributed by atoms with Crippen molar-refractivity contribution in [3.8, 4) is 11.3 Å². The van der Waals surface area contributed by atoms with Crippen molar-refractivity contribution in [2.75, 3.05) is 5.32 Å². The number of carbonyl (C=O) groups excluding carboxylic acids is 1. The largest absolute Gasteiger partial charge is 0.296 e. The van der Waals surface area contributed by atoms with Gasteiger partial charge in [0.2, 0.25) is 5.13 Å². The predicted molar refractivity (Wildman–Crippen MR) is 104 cm³/mol. The summed E-state index contributed by atoms with van der Waals surface area (Å²) >= 11 is 1.39. The van der Waals surface area contributed by atoms with Crippen molar-refractivity contribution in [3.05, 3.63) is 71.2 Å². The fourth-order valence-corrected chi connectivity index (χ4v) is 3.41. The Hall–Kier alpha value is -3.12. The summed E-state index contributed by atoms with van der Waals surface area (Å²) in [5.41, 5.74) is 3.09. The van der Waals surface area contributed by atoms with Gasteiger partial charge in [-0.1, -0.05) is 66.8 Å². The van der Waals surface area contributed by atoms with Crippen LogP contribution in [0.3, 0.4) is 0 Å². The van der Waals surface area contributed by atoms with E-state index >= 15 is 0 Å². The van der Waals surface area contributed by atoms with Gasteiger partial charge in [0, 0.05) is 10.9 Å². The summed E-state index contributed by atoms with van der Waals surface area (Å²) in [6.45, 7) is 2.01. The van der Waals surface area contributed by atoms with E-state index in [1.165, 1.54) is 11.3 Å². The number of amides is 1. The van der Waals surface area contributed by atoms with E-state index in [2.05, 4.69) is 15.5 Å². The van der Waals surface area contributed by atoms with Crippen molar-refractivity contribution >= 4 is 33.3 Å². The second-order valence-corrected chi connectivity index (χ2v) is 6.81. The third kappa shape index (κ3) is 3.19. The highest BCUT2D eigenvalue weighted by Crippen LogP contribution is 2.26. The summed E-state index contributed by atoms with van der Waals surface area (Å²) in [5, 5.41) is 13.2. The first-order valence-electron chi connectivity index (χ1n) is 8.33. The lowest BCUT2D eigenvalue weighted by molar-refractivity contribution is 0.102. The first kappa shape index (κ1) is 16.4. The molecule has 1 N–H and O–H groups in total. The molecule has 128 valence electrons. The fraction of sp³-hybridized carbons (Fsp3) is 0.100. The maximum absolute atomic E-state index is 12.9. The Morgan fingerprint density at radius 2 is 1.81 bits per heavy atom. The number of aryl methyl sites for hydroxylation is 1. The lowest BCUT2D eigenvalue weighted by atomic mass is 10.0. The molecule has 2 aromatic heterocycles. The number of nitrogens with zero attached hydrogens (tertiary/aromatic N) is 3. The number of carbonyl (C=O) groups is 1. The summed E-state index contributed by atoms with van der Waals surface area (Å²) in [6.07, 6.45) is 0.796. The topological polar surface area (TPSA) is 67.8 Å². The minimum atomic E-state index is -0.209. The van der Waals surface area contributed by atoms with E-state index in [4.69, 9.17) is 4.98 Å². The fourth-order valence-electron chi connectivity index (χ4n) is 2.73. The highest BCUT2D eigenvalue weighted by molar-refractivity contribution is 7.15. The quantitative estimate of drug-likeness (QED) is 0.579. The normalized spacial score (nSPS) is 10.8. The van der Waals surface area contributed by atoms with Gasteiger partial charge in [-0.15, -0.1) is 10.2 Å². The second kappa shape index (κ2) is 7.01. The van der Waals surface area contributed by atoms with Crippen LogP contribution in [0.15, 0.2) is 60.7 Å². The van der Waals surface area contributed by atoms with Crippen molar-refractivity contribution in [1.82, 2.24) is 15.2 Å². The molecule has 0 bridgehead atoms. The Morgan fingerprint density at radius 1 is 1.04 bits per heavy atom. The molecule has 26 heavy (non-hydrogen) atoms. The lowest BCUT2D eigenvalue weighted by Crippen LogP contribution is -2.13. The first-order valence-corrected chi connectivity index (χ1v) is 9.15. The number of pyridine rings is 1. The molecular formula is C20H16N4OS. The molecule has 0 radical (unpaired) electrons. The van der Waals surface area contributed by atoms with E-state index in [9.17, 15) is 4.79 Å². The number of hydrogen-bond acceptors (Lipinski definition) is 5. The van der Waals surface area contributed by atoms with Gasteiger partial charge in [0.25, 0.3) is 5.91 Å². The van der Waals surface area contributed by atoms with Gasteiger partial charge in [0.1, 0.15) is 5.01 Å². The van der Waals surface area contributed by atoms with E-state index in [-0.39, 0.29) is 5.91 Å². The van der Waals surface area contributed by atoms with Gasteiger partial charge in [0.05, 0.1) is 16.8 Å². The molecule has 1 amide bonds. The van der Waals surface area contributed by atoms with E-state index in [1.54, 1.807) is 0 Å². The molecule has 0 saturated carbocycles. The van der Waals surface area contributed by atoms with Crippen LogP contribution in [0.25, 0.3) is 22.2 Å². The van der Waals surface area contributed by atoms with Gasteiger partial charge < -0.3 is 0 Å². The molecule has 0 saturated heterocycles. The molecule has 4 rings (SSSR count). The predicted octanol–water partition coefficient (Wildman–Crippen LogP) is 4.57. The van der Waals surface area contributed by atoms with Crippen molar-refractivity contribution in [1.29, 1.82) is 0 Å². The van der Waals surface area contributed by atoms with Crippen LogP contribution >= 0.6 is 11.3 Å². The van der Waals surface area contributed by atoms with E-state index in [0.29, 0.717) is 10.7 Å². The summed E-state index contributed by atoms with van der Waals surface area (Å²) in [4.78, 5) is 17.6. The van der Waals surface area contributed by atoms with Crippen LogP contribution in [0.1, 0.15) is 22.3 Å². The Bertz CT molecular complexity index is 1080. The van der Waals surface area contributed by atoms with Crippen molar-refractivity contribution in [2.24, 2.45) is 0 Å². The van der Waals surface area contributed by atoms with Crippen LogP contribution in [0.2, 0.25) is 0 Å². The number of hydrogen-bond donors (Lipinski definition) is 1. The zero-order valence-electron chi connectivity index (χ0n) is 14.1. The van der Waals surface area contributed by atoms with Gasteiger partial charge in [-0.3, -0.25) is 10.1 Å². The van der Waals surface area contributed by atoms with Crippen LogP contribution in [0.4, 0.5) is 5.13 Å². The zero-order valence-corrected chi connectivity index (χ0v) is 15.0. The summed E-state index contributed by atoms with van der Waals surface area (Å²) in [6, 6.07) is 19.3. The zero-order chi connectivity index (χ0) is 17.9. The standard InChI is InChI=1S/C20H16N4OS/c1-2-18-23-24-20(26-18)22-19(25)15-12-17(13-8-4-3-5-9-13)21-16-11-7-6-10-14(15)16/h3-12H,2H2,1H3,(H,22,24,25). The molecule has 4 aromatic rings. The molecule has 2 aromatic carbocycles. The third-order valence-electron chi connectivity index (χ3n) is 4.02. The molecule has 0 unspecified atom stereocenters. The molecule has 6 heteroatoms. The van der Waals surface area contributed by atoms with Gasteiger partial charge in [-0.2, -0.15) is 0 Å². The monoisotopic (exact) mass is 360 g/mol. The van der Waals surface area contributed by atoms with Crippen molar-refractivity contribution in [2.45, 2.75) is 13.3 Å². The SMILES string of the molecule is CCc1nnc(NC(=O)c2cc(-c3ccccc3)nc3ccccc23)s1. The number of anilines is 1. The number of fused-ring (bicyclic) bond motifs is 1. The first-order chi connectivity index (χ1) is 12.7. The molecule has 0 fully saturated rings. The average Bonchev–Trinajstić information content (AvgIpc) is 3.15. The van der Waals surface area contributed by atoms with E-state index < -0.39 is 0 Å². The number of para-hydroxylation sites is 1. The molecule has 0 aliphatic heterocycles. The highest BCUT2D eigenvalue weighted by atomic mass is 32.1. The third-order valence-corrected chi connectivity index (χ3v) is 5.00. The molecule has 0 aliphatic carbocycles. The number of nitrogens with one attached hydrogen (secondary N) is 1. The maximum atomic E-state index is 12.9. The lowest BCUT2D eigenvalue weighted by Gasteiger charge is -2.09. The molecule has 0 spiro atoms. The second-order valence-electron chi connectivity index (χ2n) is 5.75. The van der Waals surface area contributed by atoms with E-state index in [0.717, 1.165) is 33.6 Å². The Labute approximate surface area is 154 Å². The molecule has 2 heterocycles. The number of benzene rings is 2. The van der Waals surface area contributed by atoms with Crippen molar-refractivity contribution in [3.63, 3.8) is 0 Å². The molecule has 0 aliphatic rings. The number of aromatic nitrogens is 3. The van der Waals surface area contributed by atoms with Gasteiger partial charge in [0.15, 0.2) is 0 Å². The molecule has 0 atom stereocenters. The van der Waals surface area contributed by atoms with E-state index in [1.807, 2.05) is 67.6 Å². The highest BCUT2D eigenvalue weighted by Gasteiger charge is 2.15. The summed E-state index contributed by atoms with van der Waals surface area (Å²) in [5.74, 6) is -0.209. The minimum absolute atomic E-state index is 0.209. The smallest absolute Gasteiger partial charge is 0.258 e. The Kier molecular flexibility index (Phi) is 4.41. The minimum Gasteiger partial charge on any atom is -0.296 e.